The molecule has 0 spiro atoms. The Bertz CT molecular complexity index is 1100. The summed E-state index contributed by atoms with van der Waals surface area (Å²) in [5.41, 5.74) is 2.69. The molecule has 4 rings (SSSR count). The number of ether oxygens (including phenoxy) is 2. The molecule has 0 saturated carbocycles. The topological polar surface area (TPSA) is 47.1 Å². The Labute approximate surface area is 166 Å². The van der Waals surface area contributed by atoms with Crippen LogP contribution in [0.4, 0.5) is 4.39 Å². The molecule has 0 amide bonds. The van der Waals surface area contributed by atoms with E-state index in [1.54, 1.807) is 12.4 Å². The van der Waals surface area contributed by atoms with Crippen molar-refractivity contribution in [1.29, 1.82) is 0 Å². The molecule has 0 saturated heterocycles. The SMILES string of the molecule is COC(c1c(F)ccc(OCc2ccccc2)c1Cl)c1c[nH]c2ncccc12. The molecular formula is C22H18ClFN2O2. The molecule has 0 aliphatic rings. The first kappa shape index (κ1) is 18.5. The number of aromatic amines is 1. The molecule has 2 heterocycles. The van der Waals surface area contributed by atoms with Crippen LogP contribution >= 0.6 is 11.6 Å². The highest BCUT2D eigenvalue weighted by molar-refractivity contribution is 6.33. The van der Waals surface area contributed by atoms with E-state index in [0.29, 0.717) is 18.0 Å². The summed E-state index contributed by atoms with van der Waals surface area (Å²) in [6.45, 7) is 0.334. The van der Waals surface area contributed by atoms with Gasteiger partial charge in [-0.15, -0.1) is 0 Å². The van der Waals surface area contributed by atoms with Crippen molar-refractivity contribution in [2.75, 3.05) is 7.11 Å². The van der Waals surface area contributed by atoms with Gasteiger partial charge in [-0.3, -0.25) is 0 Å². The maximum absolute atomic E-state index is 14.8. The van der Waals surface area contributed by atoms with Gasteiger partial charge in [-0.1, -0.05) is 41.9 Å². The largest absolute Gasteiger partial charge is 0.487 e. The van der Waals surface area contributed by atoms with Crippen molar-refractivity contribution in [3.8, 4) is 5.75 Å². The highest BCUT2D eigenvalue weighted by Gasteiger charge is 2.26. The predicted molar refractivity (Wildman–Crippen MR) is 107 cm³/mol. The molecule has 0 fully saturated rings. The number of nitrogens with one attached hydrogen (secondary N) is 1. The van der Waals surface area contributed by atoms with Crippen molar-refractivity contribution in [3.05, 3.63) is 94.5 Å². The normalized spacial score (nSPS) is 12.2. The summed E-state index contributed by atoms with van der Waals surface area (Å²) < 4.78 is 26.3. The molecular weight excluding hydrogens is 379 g/mol. The van der Waals surface area contributed by atoms with Gasteiger partial charge < -0.3 is 14.5 Å². The highest BCUT2D eigenvalue weighted by atomic mass is 35.5. The molecule has 4 nitrogen and oxygen atoms in total. The number of nitrogens with zero attached hydrogens (tertiary/aromatic N) is 1. The van der Waals surface area contributed by atoms with Crippen LogP contribution < -0.4 is 4.74 Å². The Morgan fingerprint density at radius 2 is 1.93 bits per heavy atom. The average molecular weight is 397 g/mol. The number of benzene rings is 2. The molecule has 0 aliphatic heterocycles. The molecule has 1 N–H and O–H groups in total. The number of pyridine rings is 1. The van der Waals surface area contributed by atoms with E-state index in [0.717, 1.165) is 16.5 Å². The molecule has 28 heavy (non-hydrogen) atoms. The second-order valence-electron chi connectivity index (χ2n) is 6.31. The summed E-state index contributed by atoms with van der Waals surface area (Å²) in [7, 11) is 1.52. The number of rotatable bonds is 6. The first-order chi connectivity index (χ1) is 13.7. The fourth-order valence-electron chi connectivity index (χ4n) is 3.23. The Morgan fingerprint density at radius 1 is 1.11 bits per heavy atom. The Kier molecular flexibility index (Phi) is 5.28. The second-order valence-corrected chi connectivity index (χ2v) is 6.68. The third-order valence-corrected chi connectivity index (χ3v) is 4.98. The van der Waals surface area contributed by atoms with Crippen molar-refractivity contribution in [1.82, 2.24) is 9.97 Å². The molecule has 6 heteroatoms. The Hall–Kier alpha value is -2.89. The average Bonchev–Trinajstić information content (AvgIpc) is 3.15. The summed E-state index contributed by atoms with van der Waals surface area (Å²) in [4.78, 5) is 7.36. The van der Waals surface area contributed by atoms with E-state index in [9.17, 15) is 4.39 Å². The van der Waals surface area contributed by atoms with Crippen LogP contribution in [-0.2, 0) is 11.3 Å². The standard InChI is InChI=1S/C22H18ClFN2O2/c1-27-21(16-12-26-22-15(16)8-5-11-25-22)19-17(24)9-10-18(20(19)23)28-13-14-6-3-2-4-7-14/h2-12,21H,13H2,1H3,(H,25,26). The highest BCUT2D eigenvalue weighted by Crippen LogP contribution is 2.40. The summed E-state index contributed by atoms with van der Waals surface area (Å²) in [6, 6.07) is 16.3. The maximum Gasteiger partial charge on any atom is 0.139 e. The van der Waals surface area contributed by atoms with Crippen molar-refractivity contribution in [2.24, 2.45) is 0 Å². The smallest absolute Gasteiger partial charge is 0.139 e. The van der Waals surface area contributed by atoms with Gasteiger partial charge in [0, 0.05) is 36.0 Å². The first-order valence-corrected chi connectivity index (χ1v) is 9.16. The Balaban J connectivity index is 1.71. The first-order valence-electron chi connectivity index (χ1n) is 8.78. The van der Waals surface area contributed by atoms with Gasteiger partial charge in [-0.05, 0) is 29.8 Å². The van der Waals surface area contributed by atoms with E-state index < -0.39 is 11.9 Å². The number of H-pyrrole nitrogens is 1. The molecule has 0 aliphatic carbocycles. The fourth-order valence-corrected chi connectivity index (χ4v) is 3.54. The number of hydrogen-bond acceptors (Lipinski definition) is 3. The number of aromatic nitrogens is 2. The lowest BCUT2D eigenvalue weighted by molar-refractivity contribution is 0.134. The number of hydrogen-bond donors (Lipinski definition) is 1. The fraction of sp³-hybridized carbons (Fsp3) is 0.136. The van der Waals surface area contributed by atoms with Crippen LogP contribution in [0.2, 0.25) is 5.02 Å². The molecule has 2 aromatic heterocycles. The molecule has 0 radical (unpaired) electrons. The lowest BCUT2D eigenvalue weighted by Gasteiger charge is -2.19. The lowest BCUT2D eigenvalue weighted by atomic mass is 10.0. The van der Waals surface area contributed by atoms with Gasteiger partial charge in [-0.25, -0.2) is 9.37 Å². The van der Waals surface area contributed by atoms with Crippen LogP contribution in [0.1, 0.15) is 22.8 Å². The molecule has 1 unspecified atom stereocenters. The number of fused-ring (bicyclic) bond motifs is 1. The quantitative estimate of drug-likeness (QED) is 0.456. The van der Waals surface area contributed by atoms with Crippen molar-refractivity contribution in [2.45, 2.75) is 12.7 Å². The van der Waals surface area contributed by atoms with Gasteiger partial charge in [0.15, 0.2) is 0 Å². The van der Waals surface area contributed by atoms with Gasteiger partial charge in [0.05, 0.1) is 5.02 Å². The Morgan fingerprint density at radius 3 is 2.71 bits per heavy atom. The van der Waals surface area contributed by atoms with Gasteiger partial charge in [0.2, 0.25) is 0 Å². The van der Waals surface area contributed by atoms with E-state index in [1.807, 2.05) is 42.5 Å². The van der Waals surface area contributed by atoms with Crippen LogP contribution in [0.15, 0.2) is 67.0 Å². The minimum Gasteiger partial charge on any atom is -0.487 e. The van der Waals surface area contributed by atoms with Gasteiger partial charge in [-0.2, -0.15) is 0 Å². The summed E-state index contributed by atoms with van der Waals surface area (Å²) in [6.07, 6.45) is 2.75. The van der Waals surface area contributed by atoms with E-state index >= 15 is 0 Å². The van der Waals surface area contributed by atoms with Crippen LogP contribution in [0.25, 0.3) is 11.0 Å². The van der Waals surface area contributed by atoms with E-state index in [2.05, 4.69) is 9.97 Å². The zero-order valence-electron chi connectivity index (χ0n) is 15.2. The minimum absolute atomic E-state index is 0.195. The predicted octanol–water partition coefficient (Wildman–Crippen LogP) is 5.67. The van der Waals surface area contributed by atoms with Crippen LogP contribution in [0.5, 0.6) is 5.75 Å². The van der Waals surface area contributed by atoms with Gasteiger partial charge in [0.25, 0.3) is 0 Å². The monoisotopic (exact) mass is 396 g/mol. The third kappa shape index (κ3) is 3.46. The minimum atomic E-state index is -0.703. The van der Waals surface area contributed by atoms with Crippen LogP contribution in [0, 0.1) is 5.82 Å². The van der Waals surface area contributed by atoms with Crippen LogP contribution in [-0.4, -0.2) is 17.1 Å². The summed E-state index contributed by atoms with van der Waals surface area (Å²) in [5, 5.41) is 1.04. The van der Waals surface area contributed by atoms with Gasteiger partial charge >= 0.3 is 0 Å². The van der Waals surface area contributed by atoms with Gasteiger partial charge in [0.1, 0.15) is 29.9 Å². The number of halogens is 2. The summed E-state index contributed by atoms with van der Waals surface area (Å²) in [5.74, 6) is -0.0518. The summed E-state index contributed by atoms with van der Waals surface area (Å²) >= 11 is 6.55. The van der Waals surface area contributed by atoms with Crippen molar-refractivity contribution < 1.29 is 13.9 Å². The van der Waals surface area contributed by atoms with E-state index in [-0.39, 0.29) is 10.6 Å². The molecule has 4 aromatic rings. The lowest BCUT2D eigenvalue weighted by Crippen LogP contribution is -2.08. The van der Waals surface area contributed by atoms with E-state index in [4.69, 9.17) is 21.1 Å². The third-order valence-electron chi connectivity index (χ3n) is 4.59. The van der Waals surface area contributed by atoms with Crippen molar-refractivity contribution >= 4 is 22.6 Å². The molecule has 2 aromatic carbocycles. The van der Waals surface area contributed by atoms with E-state index in [1.165, 1.54) is 19.2 Å². The molecule has 1 atom stereocenters. The number of methoxy groups -OCH3 is 1. The molecule has 142 valence electrons. The zero-order valence-corrected chi connectivity index (χ0v) is 15.9. The van der Waals surface area contributed by atoms with Crippen LogP contribution in [0.3, 0.4) is 0 Å². The molecule has 0 bridgehead atoms. The zero-order chi connectivity index (χ0) is 19.5. The van der Waals surface area contributed by atoms with Crippen molar-refractivity contribution in [3.63, 3.8) is 0 Å². The maximum atomic E-state index is 14.8. The second kappa shape index (κ2) is 8.00.